The van der Waals surface area contributed by atoms with Crippen molar-refractivity contribution >= 4 is 27.3 Å². The molecule has 0 saturated carbocycles. The van der Waals surface area contributed by atoms with Gasteiger partial charge < -0.3 is 14.8 Å². The first-order valence-electron chi connectivity index (χ1n) is 10.4. The van der Waals surface area contributed by atoms with E-state index in [0.29, 0.717) is 23.6 Å². The summed E-state index contributed by atoms with van der Waals surface area (Å²) in [7, 11) is -3.90. The van der Waals surface area contributed by atoms with Crippen LogP contribution >= 0.6 is 0 Å². The Hall–Kier alpha value is -3.73. The van der Waals surface area contributed by atoms with E-state index in [4.69, 9.17) is 9.47 Å². The summed E-state index contributed by atoms with van der Waals surface area (Å²) < 4.78 is 77.9. The van der Waals surface area contributed by atoms with Crippen molar-refractivity contribution in [3.05, 3.63) is 77.9 Å². The van der Waals surface area contributed by atoms with Gasteiger partial charge in [-0.2, -0.15) is 13.2 Å². The van der Waals surface area contributed by atoms with Crippen LogP contribution in [0.15, 0.2) is 71.6 Å². The zero-order valence-electron chi connectivity index (χ0n) is 18.8. The van der Waals surface area contributed by atoms with Crippen molar-refractivity contribution in [1.29, 1.82) is 0 Å². The topological polar surface area (TPSA) is 93.7 Å². The van der Waals surface area contributed by atoms with Gasteiger partial charge in [0.2, 0.25) is 0 Å². The van der Waals surface area contributed by atoms with Gasteiger partial charge in [0.15, 0.2) is 6.61 Å². The molecule has 0 heterocycles. The molecule has 0 radical (unpaired) electrons. The molecule has 3 aromatic rings. The van der Waals surface area contributed by atoms with E-state index in [1.165, 1.54) is 30.3 Å². The molecule has 0 unspecified atom stereocenters. The van der Waals surface area contributed by atoms with Crippen molar-refractivity contribution in [3.8, 4) is 11.5 Å². The number of aryl methyl sites for hydroxylation is 1. The molecule has 0 atom stereocenters. The van der Waals surface area contributed by atoms with E-state index in [1.54, 1.807) is 31.2 Å². The smallest absolute Gasteiger partial charge is 0.418 e. The number of hydrogen-bond acceptors (Lipinski definition) is 5. The molecule has 11 heteroatoms. The molecule has 0 aliphatic carbocycles. The highest BCUT2D eigenvalue weighted by molar-refractivity contribution is 7.92. The third-order valence-electron chi connectivity index (χ3n) is 4.74. The van der Waals surface area contributed by atoms with Gasteiger partial charge in [0.05, 0.1) is 22.8 Å². The summed E-state index contributed by atoms with van der Waals surface area (Å²) in [5, 5.41) is 2.18. The Morgan fingerprint density at radius 1 is 0.971 bits per heavy atom. The largest absolute Gasteiger partial charge is 0.494 e. The molecule has 3 aromatic carbocycles. The van der Waals surface area contributed by atoms with Crippen molar-refractivity contribution in [3.63, 3.8) is 0 Å². The number of carbonyl (C=O) groups excluding carboxylic acids is 1. The Labute approximate surface area is 200 Å². The van der Waals surface area contributed by atoms with Crippen LogP contribution in [0.4, 0.5) is 24.5 Å². The van der Waals surface area contributed by atoms with Gasteiger partial charge in [-0.3, -0.25) is 9.52 Å². The summed E-state index contributed by atoms with van der Waals surface area (Å²) in [4.78, 5) is 12.1. The normalized spacial score (nSPS) is 11.6. The minimum absolute atomic E-state index is 0.0280. The molecule has 2 N–H and O–H groups in total. The lowest BCUT2D eigenvalue weighted by atomic mass is 10.1. The van der Waals surface area contributed by atoms with Crippen molar-refractivity contribution in [2.24, 2.45) is 0 Å². The number of amides is 1. The van der Waals surface area contributed by atoms with E-state index >= 15 is 0 Å². The molecule has 0 aliphatic heterocycles. The minimum Gasteiger partial charge on any atom is -0.494 e. The monoisotopic (exact) mass is 508 g/mol. The van der Waals surface area contributed by atoms with E-state index in [0.717, 1.165) is 12.1 Å². The Kier molecular flexibility index (Phi) is 7.90. The summed E-state index contributed by atoms with van der Waals surface area (Å²) >= 11 is 0. The molecule has 0 bridgehead atoms. The first-order chi connectivity index (χ1) is 16.5. The van der Waals surface area contributed by atoms with Crippen molar-refractivity contribution in [2.45, 2.75) is 24.9 Å². The van der Waals surface area contributed by atoms with Gasteiger partial charge in [-0.25, -0.2) is 8.42 Å². The van der Waals surface area contributed by atoms with E-state index < -0.39 is 34.3 Å². The van der Waals surface area contributed by atoms with E-state index in [9.17, 15) is 26.4 Å². The number of halogens is 3. The first kappa shape index (κ1) is 25.9. The number of carbonyl (C=O) groups is 1. The molecule has 0 aliphatic rings. The third-order valence-corrected chi connectivity index (χ3v) is 6.12. The highest BCUT2D eigenvalue weighted by Crippen LogP contribution is 2.34. The maximum Gasteiger partial charge on any atom is 0.418 e. The summed E-state index contributed by atoms with van der Waals surface area (Å²) in [6.07, 6.45) is -4.62. The van der Waals surface area contributed by atoms with Gasteiger partial charge in [-0.05, 0) is 74.0 Å². The number of para-hydroxylation sites is 1. The predicted molar refractivity (Wildman–Crippen MR) is 125 cm³/mol. The van der Waals surface area contributed by atoms with Gasteiger partial charge in [-0.15, -0.1) is 0 Å². The van der Waals surface area contributed by atoms with Gasteiger partial charge in [0, 0.05) is 5.69 Å². The average Bonchev–Trinajstić information content (AvgIpc) is 2.79. The van der Waals surface area contributed by atoms with Crippen LogP contribution in [0.25, 0.3) is 0 Å². The van der Waals surface area contributed by atoms with Crippen molar-refractivity contribution in [2.75, 3.05) is 23.3 Å². The quantitative estimate of drug-likeness (QED) is 0.413. The molecule has 0 spiro atoms. The van der Waals surface area contributed by atoms with Crippen LogP contribution in [0.2, 0.25) is 0 Å². The number of nitrogens with one attached hydrogen (secondary N) is 2. The molecular weight excluding hydrogens is 485 g/mol. The van der Waals surface area contributed by atoms with Crippen LogP contribution in [-0.4, -0.2) is 27.5 Å². The molecule has 0 saturated heterocycles. The van der Waals surface area contributed by atoms with E-state index in [1.807, 2.05) is 6.92 Å². The predicted octanol–water partition coefficient (Wildman–Crippen LogP) is 5.23. The van der Waals surface area contributed by atoms with E-state index in [2.05, 4.69) is 10.0 Å². The second kappa shape index (κ2) is 10.7. The van der Waals surface area contributed by atoms with E-state index in [-0.39, 0.29) is 16.3 Å². The van der Waals surface area contributed by atoms with Crippen molar-refractivity contribution < 1.29 is 35.9 Å². The lowest BCUT2D eigenvalue weighted by molar-refractivity contribution is -0.137. The zero-order chi connectivity index (χ0) is 25.6. The molecule has 186 valence electrons. The summed E-state index contributed by atoms with van der Waals surface area (Å²) in [6.45, 7) is 3.35. The minimum atomic E-state index is -4.62. The number of benzene rings is 3. The molecule has 1 amide bonds. The number of hydrogen-bond donors (Lipinski definition) is 2. The Bertz CT molecular complexity index is 1290. The molecule has 7 nitrogen and oxygen atoms in total. The van der Waals surface area contributed by atoms with Gasteiger partial charge in [0.25, 0.3) is 15.9 Å². The highest BCUT2D eigenvalue weighted by Gasteiger charge is 2.33. The van der Waals surface area contributed by atoms with Crippen LogP contribution in [0.1, 0.15) is 18.1 Å². The second-order valence-corrected chi connectivity index (χ2v) is 9.05. The molecule has 3 rings (SSSR count). The van der Waals surface area contributed by atoms with Crippen LogP contribution in [-0.2, 0) is 21.0 Å². The fourth-order valence-corrected chi connectivity index (χ4v) is 4.26. The SMILES string of the molecule is CCOc1ccc(NS(=O)(=O)c2ccc(OCC(=O)Nc3ccccc3C(F)(F)F)c(C)c2)cc1. The fourth-order valence-electron chi connectivity index (χ4n) is 3.12. The Balaban J connectivity index is 1.64. The lowest BCUT2D eigenvalue weighted by Gasteiger charge is -2.15. The van der Waals surface area contributed by atoms with Crippen LogP contribution in [0.3, 0.4) is 0 Å². The molecular formula is C24H23F3N2O5S. The van der Waals surface area contributed by atoms with Gasteiger partial charge in [0.1, 0.15) is 11.5 Å². The second-order valence-electron chi connectivity index (χ2n) is 7.37. The Morgan fingerprint density at radius 3 is 2.29 bits per heavy atom. The zero-order valence-corrected chi connectivity index (χ0v) is 19.7. The molecule has 35 heavy (non-hydrogen) atoms. The first-order valence-corrected chi connectivity index (χ1v) is 11.9. The lowest BCUT2D eigenvalue weighted by Crippen LogP contribution is -2.22. The number of alkyl halides is 3. The summed E-state index contributed by atoms with van der Waals surface area (Å²) in [5.74, 6) is 0.0259. The maximum atomic E-state index is 13.1. The molecule has 0 fully saturated rings. The Morgan fingerprint density at radius 2 is 1.66 bits per heavy atom. The fraction of sp³-hybridized carbons (Fsp3) is 0.208. The van der Waals surface area contributed by atoms with Crippen LogP contribution in [0, 0.1) is 6.92 Å². The number of anilines is 2. The van der Waals surface area contributed by atoms with Crippen LogP contribution in [0.5, 0.6) is 11.5 Å². The summed E-state index contributed by atoms with van der Waals surface area (Å²) in [6, 6.07) is 15.1. The maximum absolute atomic E-state index is 13.1. The molecule has 0 aromatic heterocycles. The standard InChI is InChI=1S/C24H23F3N2O5S/c1-3-33-18-10-8-17(9-11-18)29-35(31,32)19-12-13-22(16(2)14-19)34-15-23(30)28-21-7-5-4-6-20(21)24(25,26)27/h4-14,29H,3,15H2,1-2H3,(H,28,30). The average molecular weight is 509 g/mol. The highest BCUT2D eigenvalue weighted by atomic mass is 32.2. The van der Waals surface area contributed by atoms with Gasteiger partial charge >= 0.3 is 6.18 Å². The number of rotatable bonds is 9. The van der Waals surface area contributed by atoms with Crippen molar-refractivity contribution in [1.82, 2.24) is 0 Å². The number of ether oxygens (including phenoxy) is 2. The van der Waals surface area contributed by atoms with Crippen LogP contribution < -0.4 is 19.5 Å². The van der Waals surface area contributed by atoms with Gasteiger partial charge in [-0.1, -0.05) is 12.1 Å². The number of sulfonamides is 1. The third kappa shape index (κ3) is 6.89. The summed E-state index contributed by atoms with van der Waals surface area (Å²) in [5.41, 5.74) is -0.587.